The topological polar surface area (TPSA) is 238 Å². The third-order valence-corrected chi connectivity index (χ3v) is 6.53. The second kappa shape index (κ2) is 16.7. The number of aliphatic hydroxyl groups excluding tert-OH is 2. The highest BCUT2D eigenvalue weighted by atomic mass is 16.7. The zero-order chi connectivity index (χ0) is 33.1. The number of aliphatic hydroxyl groups is 3. The van der Waals surface area contributed by atoms with Crippen molar-refractivity contribution in [1.29, 1.82) is 0 Å². The predicted octanol–water partition coefficient (Wildman–Crippen LogP) is -0.518. The molecule has 1 heterocycles. The van der Waals surface area contributed by atoms with Crippen LogP contribution in [0.15, 0.2) is 18.2 Å². The molecule has 44 heavy (non-hydrogen) atoms. The molecule has 1 aromatic rings. The van der Waals surface area contributed by atoms with Crippen LogP contribution < -0.4 is 15.4 Å². The number of amides is 4. The molecule has 1 aliphatic heterocycles. The van der Waals surface area contributed by atoms with Crippen molar-refractivity contribution >= 4 is 41.3 Å². The number of carbonyl (C=O) groups is 6. The van der Waals surface area contributed by atoms with Crippen molar-refractivity contribution in [2.24, 2.45) is 11.8 Å². The molecule has 2 rings (SSSR count). The van der Waals surface area contributed by atoms with Crippen LogP contribution in [0.2, 0.25) is 0 Å². The maximum Gasteiger partial charge on any atom is 0.335 e. The number of rotatable bonds is 17. The van der Waals surface area contributed by atoms with E-state index in [1.165, 1.54) is 25.1 Å². The number of nitrogens with one attached hydrogen (secondary N) is 2. The Labute approximate surface area is 253 Å². The van der Waals surface area contributed by atoms with Gasteiger partial charge in [-0.05, 0) is 30.5 Å². The van der Waals surface area contributed by atoms with Crippen LogP contribution >= 0.6 is 0 Å². The van der Waals surface area contributed by atoms with Crippen LogP contribution in [0.25, 0.3) is 0 Å². The fourth-order valence-electron chi connectivity index (χ4n) is 4.15. The van der Waals surface area contributed by atoms with Crippen molar-refractivity contribution in [1.82, 2.24) is 10.2 Å². The van der Waals surface area contributed by atoms with Crippen molar-refractivity contribution in [3.63, 3.8) is 0 Å². The largest absolute Gasteiger partial charge is 0.479 e. The molecule has 1 fully saturated rings. The van der Waals surface area contributed by atoms with E-state index in [0.29, 0.717) is 5.56 Å². The van der Waals surface area contributed by atoms with E-state index in [4.69, 9.17) is 14.2 Å². The van der Waals surface area contributed by atoms with Crippen molar-refractivity contribution < 1.29 is 63.4 Å². The number of anilines is 1. The molecule has 0 aromatic heterocycles. The smallest absolute Gasteiger partial charge is 0.335 e. The van der Waals surface area contributed by atoms with E-state index in [9.17, 15) is 49.2 Å². The highest BCUT2D eigenvalue weighted by Gasteiger charge is 2.39. The zero-order valence-corrected chi connectivity index (χ0v) is 24.8. The van der Waals surface area contributed by atoms with E-state index in [1.54, 1.807) is 0 Å². The number of nitrogens with zero attached hydrogens (tertiary/aromatic N) is 1. The lowest BCUT2D eigenvalue weighted by Crippen LogP contribution is -2.44. The number of imide groups is 1. The van der Waals surface area contributed by atoms with Crippen LogP contribution in [-0.4, -0.2) is 98.8 Å². The Morgan fingerprint density at radius 1 is 1.05 bits per heavy atom. The summed E-state index contributed by atoms with van der Waals surface area (Å²) in [5.41, 5.74) is 0.353. The lowest BCUT2D eigenvalue weighted by Gasteiger charge is -2.26. The highest BCUT2D eigenvalue weighted by molar-refractivity contribution is 6.03. The molecule has 16 heteroatoms. The van der Waals surface area contributed by atoms with Gasteiger partial charge in [-0.25, -0.2) is 4.79 Å². The van der Waals surface area contributed by atoms with Crippen LogP contribution in [0.5, 0.6) is 5.75 Å². The van der Waals surface area contributed by atoms with Gasteiger partial charge < -0.3 is 45.3 Å². The molecule has 1 aliphatic rings. The molecule has 3 unspecified atom stereocenters. The Kier molecular flexibility index (Phi) is 13.7. The standard InChI is InChI=1S/C28H39N3O13/c1-14(2)18-12-23(36)31(25(18)37)10-8-21(34)29-9-7-22(35)30-19-11-17(13-42-16(4)33)5-6-20(19)43-28(27(40)41)44-24(15(3)32)26(38)39/h5-6,11,14-15,18,24,27-28,32,40-41H,7-10,12-13H2,1-4H3,(H,29,34)(H,30,35)(H,38,39)/t15-,18?,24?,28?/m0/s1. The first kappa shape index (κ1) is 36.1. The molecule has 1 saturated heterocycles. The summed E-state index contributed by atoms with van der Waals surface area (Å²) in [6, 6.07) is 4.06. The van der Waals surface area contributed by atoms with Crippen molar-refractivity contribution in [2.45, 2.75) is 78.4 Å². The van der Waals surface area contributed by atoms with E-state index in [2.05, 4.69) is 10.6 Å². The SMILES string of the molecule is CC(=O)OCc1ccc(OC(OC(C(=O)O)[C@H](C)O)C(O)O)c(NC(=O)CCNC(=O)CCN2C(=O)CC(C(C)C)C2=O)c1. The summed E-state index contributed by atoms with van der Waals surface area (Å²) in [7, 11) is 0. The van der Waals surface area contributed by atoms with Crippen LogP contribution in [0.4, 0.5) is 5.69 Å². The molecule has 4 atom stereocenters. The molecule has 16 nitrogen and oxygen atoms in total. The van der Waals surface area contributed by atoms with E-state index in [-0.39, 0.29) is 68.1 Å². The summed E-state index contributed by atoms with van der Waals surface area (Å²) in [5.74, 6) is -4.52. The first-order valence-electron chi connectivity index (χ1n) is 13.9. The van der Waals surface area contributed by atoms with E-state index < -0.39 is 54.5 Å². The predicted molar refractivity (Wildman–Crippen MR) is 149 cm³/mol. The number of carboxylic acid groups (broad SMARTS) is 1. The zero-order valence-electron chi connectivity index (χ0n) is 24.8. The second-order valence-corrected chi connectivity index (χ2v) is 10.5. The van der Waals surface area contributed by atoms with Gasteiger partial charge >= 0.3 is 11.9 Å². The molecule has 0 saturated carbocycles. The Morgan fingerprint density at radius 3 is 2.27 bits per heavy atom. The summed E-state index contributed by atoms with van der Waals surface area (Å²) < 4.78 is 15.4. The van der Waals surface area contributed by atoms with Crippen molar-refractivity contribution in [3.8, 4) is 5.75 Å². The maximum absolute atomic E-state index is 12.7. The third-order valence-electron chi connectivity index (χ3n) is 6.53. The number of esters is 1. The summed E-state index contributed by atoms with van der Waals surface area (Å²) in [6.45, 7) is 5.63. The minimum atomic E-state index is -2.36. The van der Waals surface area contributed by atoms with E-state index in [0.717, 1.165) is 11.8 Å². The molecular weight excluding hydrogens is 586 g/mol. The summed E-state index contributed by atoms with van der Waals surface area (Å²) in [4.78, 5) is 73.2. The van der Waals surface area contributed by atoms with Gasteiger partial charge in [-0.1, -0.05) is 19.9 Å². The number of ether oxygens (including phenoxy) is 3. The Morgan fingerprint density at radius 2 is 1.73 bits per heavy atom. The number of benzene rings is 1. The Balaban J connectivity index is 2.04. The highest BCUT2D eigenvalue weighted by Crippen LogP contribution is 2.29. The number of carboxylic acids is 1. The minimum absolute atomic E-state index is 0.00456. The van der Waals surface area contributed by atoms with Gasteiger partial charge in [0.2, 0.25) is 29.9 Å². The fourth-order valence-corrected chi connectivity index (χ4v) is 4.15. The van der Waals surface area contributed by atoms with Crippen molar-refractivity contribution in [3.05, 3.63) is 23.8 Å². The third kappa shape index (κ3) is 10.9. The monoisotopic (exact) mass is 625 g/mol. The van der Waals surface area contributed by atoms with Gasteiger partial charge in [0.05, 0.1) is 11.8 Å². The average molecular weight is 626 g/mol. The van der Waals surface area contributed by atoms with Crippen molar-refractivity contribution in [2.75, 3.05) is 18.4 Å². The van der Waals surface area contributed by atoms with Gasteiger partial charge in [-0.15, -0.1) is 0 Å². The number of aliphatic carboxylic acids is 1. The summed E-state index contributed by atoms with van der Waals surface area (Å²) in [5, 5.41) is 43.4. The van der Waals surface area contributed by atoms with E-state index in [1.807, 2.05) is 13.8 Å². The van der Waals surface area contributed by atoms with Gasteiger partial charge in [-0.3, -0.25) is 28.9 Å². The molecule has 1 aromatic carbocycles. The maximum atomic E-state index is 12.7. The van der Waals surface area contributed by atoms with Crippen LogP contribution in [0.3, 0.4) is 0 Å². The minimum Gasteiger partial charge on any atom is -0.479 e. The molecule has 4 amide bonds. The van der Waals surface area contributed by atoms with E-state index >= 15 is 0 Å². The quantitative estimate of drug-likeness (QED) is 0.0727. The molecule has 0 aliphatic carbocycles. The van der Waals surface area contributed by atoms with Crippen LogP contribution in [-0.2, 0) is 44.8 Å². The summed E-state index contributed by atoms with van der Waals surface area (Å²) in [6.07, 6.45) is -8.08. The van der Waals surface area contributed by atoms with Gasteiger partial charge in [0.25, 0.3) is 6.29 Å². The fraction of sp³-hybridized carbons (Fsp3) is 0.571. The lowest BCUT2D eigenvalue weighted by molar-refractivity contribution is -0.247. The van der Waals surface area contributed by atoms with Gasteiger partial charge in [0.1, 0.15) is 12.4 Å². The first-order valence-corrected chi connectivity index (χ1v) is 13.9. The Hall–Kier alpha value is -4.12. The second-order valence-electron chi connectivity index (χ2n) is 10.5. The van der Waals surface area contributed by atoms with Gasteiger partial charge in [0.15, 0.2) is 6.10 Å². The normalized spacial score (nSPS) is 16.9. The average Bonchev–Trinajstić information content (AvgIpc) is 3.21. The number of hydrogen-bond donors (Lipinski definition) is 6. The number of carbonyl (C=O) groups excluding carboxylic acids is 5. The van der Waals surface area contributed by atoms with Gasteiger partial charge in [0, 0.05) is 45.2 Å². The molecule has 0 radical (unpaired) electrons. The molecule has 0 bridgehead atoms. The number of likely N-dealkylation sites (tertiary alicyclic amines) is 1. The lowest BCUT2D eigenvalue weighted by atomic mass is 9.94. The van der Waals surface area contributed by atoms with Crippen LogP contribution in [0, 0.1) is 11.8 Å². The molecular formula is C28H39N3O13. The number of hydrogen-bond acceptors (Lipinski definition) is 12. The van der Waals surface area contributed by atoms with Gasteiger partial charge in [-0.2, -0.15) is 0 Å². The molecule has 0 spiro atoms. The summed E-state index contributed by atoms with van der Waals surface area (Å²) >= 11 is 0. The first-order chi connectivity index (χ1) is 20.6. The Bertz CT molecular complexity index is 1220. The molecule has 6 N–H and O–H groups in total. The molecule has 244 valence electrons. The van der Waals surface area contributed by atoms with Crippen LogP contribution in [0.1, 0.15) is 52.5 Å².